The van der Waals surface area contributed by atoms with Crippen molar-refractivity contribution in [3.63, 3.8) is 0 Å². The van der Waals surface area contributed by atoms with Gasteiger partial charge in [0.1, 0.15) is 5.75 Å². The average molecular weight is 390 g/mol. The summed E-state index contributed by atoms with van der Waals surface area (Å²) in [7, 11) is 1.67. The largest absolute Gasteiger partial charge is 0.497 e. The molecule has 0 aliphatic heterocycles. The zero-order valence-corrected chi connectivity index (χ0v) is 17.0. The van der Waals surface area contributed by atoms with E-state index in [0.717, 1.165) is 59.1 Å². The first-order chi connectivity index (χ1) is 14.7. The quantitative estimate of drug-likeness (QED) is 0.354. The minimum Gasteiger partial charge on any atom is -0.497 e. The monoisotopic (exact) mass is 390 g/mol. The van der Waals surface area contributed by atoms with Gasteiger partial charge in [-0.15, -0.1) is 0 Å². The zero-order chi connectivity index (χ0) is 20.2. The molecule has 2 nitrogen and oxygen atoms in total. The van der Waals surface area contributed by atoms with Crippen molar-refractivity contribution in [3.8, 4) is 16.9 Å². The lowest BCUT2D eigenvalue weighted by molar-refractivity contribution is 0.104. The second kappa shape index (κ2) is 6.56. The van der Waals surface area contributed by atoms with Crippen molar-refractivity contribution in [1.82, 2.24) is 0 Å². The number of aryl methyl sites for hydroxylation is 4. The number of benzene rings is 4. The molecule has 0 fully saturated rings. The van der Waals surface area contributed by atoms with E-state index in [0.29, 0.717) is 0 Å². The number of carbonyl (C=O) groups excluding carboxylic acids is 1. The van der Waals surface area contributed by atoms with Gasteiger partial charge in [0.25, 0.3) is 0 Å². The fourth-order valence-electron chi connectivity index (χ4n) is 5.10. The molecule has 0 atom stereocenters. The highest BCUT2D eigenvalue weighted by Gasteiger charge is 2.30. The van der Waals surface area contributed by atoms with Gasteiger partial charge in [0, 0.05) is 11.1 Å². The van der Waals surface area contributed by atoms with Crippen LogP contribution in [0.5, 0.6) is 5.75 Å². The van der Waals surface area contributed by atoms with E-state index in [1.165, 1.54) is 27.6 Å². The maximum atomic E-state index is 13.5. The number of hydrogen-bond donors (Lipinski definition) is 0. The summed E-state index contributed by atoms with van der Waals surface area (Å²) in [6.45, 7) is 0. The van der Waals surface area contributed by atoms with Gasteiger partial charge in [-0.1, -0.05) is 48.5 Å². The lowest BCUT2D eigenvalue weighted by atomic mass is 9.87. The van der Waals surface area contributed by atoms with Crippen molar-refractivity contribution in [2.75, 3.05) is 7.11 Å². The number of fused-ring (bicyclic) bond motifs is 3. The molecule has 5 aliphatic carbocycles. The Kier molecular flexibility index (Phi) is 3.82. The summed E-state index contributed by atoms with van der Waals surface area (Å²) in [6.07, 6.45) is 3.90. The second-order valence-electron chi connectivity index (χ2n) is 8.35. The maximum absolute atomic E-state index is 13.5. The Morgan fingerprint density at radius 2 is 1.33 bits per heavy atom. The first-order valence-electron chi connectivity index (χ1n) is 10.6. The normalized spacial score (nSPS) is 14.4. The summed E-state index contributed by atoms with van der Waals surface area (Å²) in [5.41, 5.74) is 8.99. The molecule has 4 aromatic rings. The van der Waals surface area contributed by atoms with Crippen LogP contribution in [0.15, 0.2) is 66.7 Å². The molecule has 2 heteroatoms. The first-order valence-corrected chi connectivity index (χ1v) is 10.6. The number of hydrogen-bond acceptors (Lipinski definition) is 2. The summed E-state index contributed by atoms with van der Waals surface area (Å²) in [4.78, 5) is 13.5. The molecule has 0 heterocycles. The number of carbonyl (C=O) groups is 1. The Hall–Kier alpha value is -3.39. The molecule has 0 saturated carbocycles. The number of methoxy groups -OCH3 is 1. The van der Waals surface area contributed by atoms with Gasteiger partial charge >= 0.3 is 0 Å². The predicted molar refractivity (Wildman–Crippen MR) is 121 cm³/mol. The zero-order valence-electron chi connectivity index (χ0n) is 17.0. The smallest absolute Gasteiger partial charge is 0.194 e. The maximum Gasteiger partial charge on any atom is 0.194 e. The first kappa shape index (κ1) is 17.5. The predicted octanol–water partition coefficient (Wildman–Crippen LogP) is 5.94. The minimum absolute atomic E-state index is 0.141. The third kappa shape index (κ3) is 2.53. The van der Waals surface area contributed by atoms with Crippen LogP contribution in [0.4, 0.5) is 0 Å². The third-order valence-electron chi connectivity index (χ3n) is 6.74. The van der Waals surface area contributed by atoms with Gasteiger partial charge in [-0.2, -0.15) is 0 Å². The van der Waals surface area contributed by atoms with Crippen LogP contribution < -0.4 is 4.74 Å². The number of ketones is 1. The summed E-state index contributed by atoms with van der Waals surface area (Å²) >= 11 is 0. The standard InChI is InChI=1S/C28H22O2/c1-30-21-12-13-24-25(16-21)23-15-14-22-19-8-6-17-2-4-18(5-3-17)7-9-20(11-10-19)26(22)27(23)28(24)29/h2-5,10-16H,6-9H2,1H3. The van der Waals surface area contributed by atoms with Crippen LogP contribution in [0.25, 0.3) is 21.9 Å². The Morgan fingerprint density at radius 3 is 2.07 bits per heavy atom. The molecule has 5 aliphatic rings. The van der Waals surface area contributed by atoms with Gasteiger partial charge in [-0.25, -0.2) is 0 Å². The van der Waals surface area contributed by atoms with Gasteiger partial charge in [0.15, 0.2) is 5.78 Å². The van der Waals surface area contributed by atoms with Crippen molar-refractivity contribution in [1.29, 1.82) is 0 Å². The number of rotatable bonds is 1. The Morgan fingerprint density at radius 1 is 0.667 bits per heavy atom. The fourth-order valence-corrected chi connectivity index (χ4v) is 5.10. The molecule has 0 radical (unpaired) electrons. The SMILES string of the molecule is COc1ccc2c(c1)-c1ccc3c4ccc(c3c1C2=O)CCc1ccc(cc1)CC4. The molecule has 4 aromatic carbocycles. The second-order valence-corrected chi connectivity index (χ2v) is 8.35. The van der Waals surface area contributed by atoms with Crippen LogP contribution in [0.3, 0.4) is 0 Å². The van der Waals surface area contributed by atoms with Crippen LogP contribution in [-0.2, 0) is 25.7 Å². The van der Waals surface area contributed by atoms with E-state index in [-0.39, 0.29) is 5.78 Å². The molecule has 0 unspecified atom stereocenters. The number of ether oxygens (including phenoxy) is 1. The van der Waals surface area contributed by atoms with Crippen molar-refractivity contribution in [2.24, 2.45) is 0 Å². The Balaban J connectivity index is 1.61. The lowest BCUT2D eigenvalue weighted by Gasteiger charge is -2.16. The van der Waals surface area contributed by atoms with E-state index in [1.807, 2.05) is 18.2 Å². The van der Waals surface area contributed by atoms with Crippen molar-refractivity contribution >= 4 is 16.6 Å². The summed E-state index contributed by atoms with van der Waals surface area (Å²) in [5.74, 6) is 0.927. The molecule has 0 N–H and O–H groups in total. The minimum atomic E-state index is 0.141. The van der Waals surface area contributed by atoms with Gasteiger partial charge < -0.3 is 4.74 Å². The van der Waals surface area contributed by atoms with E-state index in [2.05, 4.69) is 48.5 Å². The summed E-state index contributed by atoms with van der Waals surface area (Å²) < 4.78 is 5.42. The van der Waals surface area contributed by atoms with Gasteiger partial charge in [-0.05, 0) is 88.0 Å². The molecule has 0 aromatic heterocycles. The van der Waals surface area contributed by atoms with E-state index < -0.39 is 0 Å². The van der Waals surface area contributed by atoms with Gasteiger partial charge in [0.2, 0.25) is 0 Å². The molecular weight excluding hydrogens is 368 g/mol. The van der Waals surface area contributed by atoms with Crippen molar-refractivity contribution < 1.29 is 9.53 Å². The molecule has 30 heavy (non-hydrogen) atoms. The van der Waals surface area contributed by atoms with E-state index in [9.17, 15) is 4.79 Å². The van der Waals surface area contributed by atoms with Crippen molar-refractivity contribution in [2.45, 2.75) is 25.7 Å². The molecule has 4 bridgehead atoms. The molecule has 0 saturated heterocycles. The molecular formula is C28H22O2. The molecule has 9 rings (SSSR count). The summed E-state index contributed by atoms with van der Waals surface area (Å²) in [5, 5.41) is 2.38. The third-order valence-corrected chi connectivity index (χ3v) is 6.74. The topological polar surface area (TPSA) is 26.3 Å². The average Bonchev–Trinajstić information content (AvgIpc) is 3.07. The van der Waals surface area contributed by atoms with E-state index in [1.54, 1.807) is 7.11 Å². The van der Waals surface area contributed by atoms with Gasteiger partial charge in [-0.3, -0.25) is 4.79 Å². The van der Waals surface area contributed by atoms with Crippen LogP contribution in [0.1, 0.15) is 38.2 Å². The van der Waals surface area contributed by atoms with E-state index in [4.69, 9.17) is 4.74 Å². The molecule has 0 amide bonds. The summed E-state index contributed by atoms with van der Waals surface area (Å²) in [6, 6.07) is 23.7. The van der Waals surface area contributed by atoms with Gasteiger partial charge in [0.05, 0.1) is 7.11 Å². The van der Waals surface area contributed by atoms with Crippen LogP contribution in [0, 0.1) is 0 Å². The Bertz CT molecular complexity index is 1330. The highest BCUT2D eigenvalue weighted by molar-refractivity contribution is 6.28. The molecule has 146 valence electrons. The fraction of sp³-hybridized carbons (Fsp3) is 0.179. The van der Waals surface area contributed by atoms with Crippen LogP contribution in [0.2, 0.25) is 0 Å². The highest BCUT2D eigenvalue weighted by atomic mass is 16.5. The van der Waals surface area contributed by atoms with Crippen LogP contribution >= 0.6 is 0 Å². The lowest BCUT2D eigenvalue weighted by Crippen LogP contribution is -2.04. The molecule has 0 spiro atoms. The Labute approximate surface area is 176 Å². The van der Waals surface area contributed by atoms with E-state index >= 15 is 0 Å². The highest BCUT2D eigenvalue weighted by Crippen LogP contribution is 2.43. The van der Waals surface area contributed by atoms with Crippen molar-refractivity contribution in [3.05, 3.63) is 100 Å². The van der Waals surface area contributed by atoms with Crippen LogP contribution in [-0.4, -0.2) is 12.9 Å².